The summed E-state index contributed by atoms with van der Waals surface area (Å²) in [4.78, 5) is 16.9. The second-order valence-electron chi connectivity index (χ2n) is 6.90. The maximum Gasteiger partial charge on any atom is 0.238 e. The van der Waals surface area contributed by atoms with Crippen molar-refractivity contribution < 1.29 is 14.3 Å². The molecule has 0 bridgehead atoms. The molecule has 29 heavy (non-hydrogen) atoms. The molecule has 0 aromatic heterocycles. The van der Waals surface area contributed by atoms with Crippen molar-refractivity contribution >= 4 is 17.3 Å². The second-order valence-corrected chi connectivity index (χ2v) is 6.90. The third-order valence-electron chi connectivity index (χ3n) is 4.96. The summed E-state index contributed by atoms with van der Waals surface area (Å²) in [6.07, 6.45) is 0.931. The molecular weight excluding hydrogens is 368 g/mol. The number of carbonyl (C=O) groups is 1. The van der Waals surface area contributed by atoms with Gasteiger partial charge in [0.1, 0.15) is 17.6 Å². The summed E-state index contributed by atoms with van der Waals surface area (Å²) >= 11 is 0. The summed E-state index contributed by atoms with van der Waals surface area (Å²) in [7, 11) is 3.15. The molecule has 1 aliphatic heterocycles. The summed E-state index contributed by atoms with van der Waals surface area (Å²) < 4.78 is 10.5. The van der Waals surface area contributed by atoms with Gasteiger partial charge in [-0.25, -0.2) is 0 Å². The molecule has 0 aliphatic carbocycles. The summed E-state index contributed by atoms with van der Waals surface area (Å²) in [5.41, 5.74) is 2.29. The van der Waals surface area contributed by atoms with Crippen molar-refractivity contribution in [2.24, 2.45) is 0 Å². The minimum Gasteiger partial charge on any atom is -0.497 e. The lowest BCUT2D eigenvalue weighted by molar-refractivity contribution is -0.117. The van der Waals surface area contributed by atoms with Crippen molar-refractivity contribution in [3.8, 4) is 17.6 Å². The molecule has 0 radical (unpaired) electrons. The quantitative estimate of drug-likeness (QED) is 0.812. The molecule has 7 nitrogen and oxygen atoms in total. The molecule has 1 fully saturated rings. The van der Waals surface area contributed by atoms with Crippen LogP contribution in [0.1, 0.15) is 12.0 Å². The third-order valence-corrected chi connectivity index (χ3v) is 4.96. The maximum atomic E-state index is 12.6. The van der Waals surface area contributed by atoms with Crippen molar-refractivity contribution in [2.45, 2.75) is 6.42 Å². The summed E-state index contributed by atoms with van der Waals surface area (Å²) in [6.45, 7) is 3.55. The van der Waals surface area contributed by atoms with Crippen LogP contribution in [0.3, 0.4) is 0 Å². The topological polar surface area (TPSA) is 77.8 Å². The fraction of sp³-hybridized carbons (Fsp3) is 0.364. The number of amides is 1. The minimum atomic E-state index is -0.0776. The molecule has 1 saturated heterocycles. The number of hydrogen-bond acceptors (Lipinski definition) is 6. The largest absolute Gasteiger partial charge is 0.497 e. The first-order valence-corrected chi connectivity index (χ1v) is 9.62. The number of benzene rings is 2. The van der Waals surface area contributed by atoms with Crippen molar-refractivity contribution in [2.75, 3.05) is 57.2 Å². The Bertz CT molecular complexity index is 872. The number of nitrogens with one attached hydrogen (secondary N) is 1. The van der Waals surface area contributed by atoms with Crippen LogP contribution in [0.25, 0.3) is 0 Å². The van der Waals surface area contributed by atoms with Gasteiger partial charge in [0.2, 0.25) is 5.91 Å². The number of methoxy groups -OCH3 is 2. The van der Waals surface area contributed by atoms with Gasteiger partial charge < -0.3 is 19.7 Å². The Morgan fingerprint density at radius 2 is 1.79 bits per heavy atom. The van der Waals surface area contributed by atoms with Crippen molar-refractivity contribution in [3.05, 3.63) is 48.0 Å². The Hall–Kier alpha value is -3.24. The average Bonchev–Trinajstić information content (AvgIpc) is 2.98. The van der Waals surface area contributed by atoms with E-state index in [-0.39, 0.29) is 5.91 Å². The zero-order chi connectivity index (χ0) is 20.6. The van der Waals surface area contributed by atoms with Gasteiger partial charge in [-0.2, -0.15) is 5.26 Å². The van der Waals surface area contributed by atoms with Crippen LogP contribution < -0.4 is 19.7 Å². The predicted molar refractivity (Wildman–Crippen MR) is 113 cm³/mol. The van der Waals surface area contributed by atoms with Gasteiger partial charge in [0, 0.05) is 50.1 Å². The zero-order valence-corrected chi connectivity index (χ0v) is 16.9. The second kappa shape index (κ2) is 9.80. The molecule has 3 rings (SSSR count). The predicted octanol–water partition coefficient (Wildman–Crippen LogP) is 2.73. The van der Waals surface area contributed by atoms with Crippen LogP contribution in [-0.4, -0.2) is 57.8 Å². The van der Waals surface area contributed by atoms with Crippen LogP contribution in [0.15, 0.2) is 42.5 Å². The molecule has 1 aliphatic rings. The lowest BCUT2D eigenvalue weighted by atomic mass is 10.1. The van der Waals surface area contributed by atoms with E-state index < -0.39 is 0 Å². The number of nitriles is 1. The molecule has 1 amide bonds. The Morgan fingerprint density at radius 1 is 1.07 bits per heavy atom. The monoisotopic (exact) mass is 394 g/mol. The Labute approximate surface area is 171 Å². The van der Waals surface area contributed by atoms with E-state index in [1.807, 2.05) is 24.3 Å². The van der Waals surface area contributed by atoms with Crippen LogP contribution in [0.5, 0.6) is 11.5 Å². The first kappa shape index (κ1) is 20.5. The van der Waals surface area contributed by atoms with E-state index in [4.69, 9.17) is 9.47 Å². The van der Waals surface area contributed by atoms with Gasteiger partial charge in [0.25, 0.3) is 0 Å². The van der Waals surface area contributed by atoms with E-state index in [0.717, 1.165) is 38.3 Å². The molecule has 1 heterocycles. The van der Waals surface area contributed by atoms with Gasteiger partial charge in [-0.1, -0.05) is 12.1 Å². The number of rotatable bonds is 6. The molecule has 2 aromatic rings. The number of para-hydroxylation sites is 1. The molecule has 0 unspecified atom stereocenters. The van der Waals surface area contributed by atoms with Crippen LogP contribution in [-0.2, 0) is 4.79 Å². The van der Waals surface area contributed by atoms with E-state index in [9.17, 15) is 10.1 Å². The van der Waals surface area contributed by atoms with Crippen molar-refractivity contribution in [1.82, 2.24) is 4.90 Å². The Morgan fingerprint density at radius 3 is 2.48 bits per heavy atom. The number of hydrogen-bond donors (Lipinski definition) is 1. The molecular formula is C22H26N4O3. The van der Waals surface area contributed by atoms with Gasteiger partial charge in [-0.3, -0.25) is 9.69 Å². The molecule has 0 atom stereocenters. The molecule has 0 saturated carbocycles. The van der Waals surface area contributed by atoms with Crippen LogP contribution in [0, 0.1) is 11.3 Å². The maximum absolute atomic E-state index is 12.6. The molecule has 2 aromatic carbocycles. The van der Waals surface area contributed by atoms with Crippen LogP contribution in [0.4, 0.5) is 11.4 Å². The summed E-state index contributed by atoms with van der Waals surface area (Å²) in [5.74, 6) is 1.17. The van der Waals surface area contributed by atoms with Crippen LogP contribution >= 0.6 is 0 Å². The number of nitrogens with zero attached hydrogens (tertiary/aromatic N) is 3. The average molecular weight is 394 g/mol. The summed E-state index contributed by atoms with van der Waals surface area (Å²) in [5, 5.41) is 12.3. The van der Waals surface area contributed by atoms with Gasteiger partial charge in [-0.15, -0.1) is 0 Å². The fourth-order valence-electron chi connectivity index (χ4n) is 3.50. The first-order chi connectivity index (χ1) is 14.1. The van der Waals surface area contributed by atoms with E-state index in [1.54, 1.807) is 32.4 Å². The van der Waals surface area contributed by atoms with E-state index in [2.05, 4.69) is 21.2 Å². The smallest absolute Gasteiger partial charge is 0.238 e. The molecule has 0 spiro atoms. The van der Waals surface area contributed by atoms with Gasteiger partial charge >= 0.3 is 0 Å². The van der Waals surface area contributed by atoms with E-state index >= 15 is 0 Å². The van der Waals surface area contributed by atoms with Gasteiger partial charge in [0.05, 0.1) is 32.0 Å². The normalized spacial score (nSPS) is 14.6. The van der Waals surface area contributed by atoms with E-state index in [0.29, 0.717) is 29.3 Å². The summed E-state index contributed by atoms with van der Waals surface area (Å²) in [6, 6.07) is 15.2. The lowest BCUT2D eigenvalue weighted by Gasteiger charge is -2.24. The number of carbonyl (C=O) groups excluding carboxylic acids is 1. The van der Waals surface area contributed by atoms with Crippen molar-refractivity contribution in [3.63, 3.8) is 0 Å². The van der Waals surface area contributed by atoms with Crippen LogP contribution in [0.2, 0.25) is 0 Å². The van der Waals surface area contributed by atoms with Gasteiger partial charge in [0.15, 0.2) is 0 Å². The van der Waals surface area contributed by atoms with E-state index in [1.165, 1.54) is 0 Å². The first-order valence-electron chi connectivity index (χ1n) is 9.62. The lowest BCUT2D eigenvalue weighted by Crippen LogP contribution is -2.36. The number of ether oxygens (including phenoxy) is 2. The fourth-order valence-corrected chi connectivity index (χ4v) is 3.50. The SMILES string of the molecule is COc1cc(NC(=O)CN2CCCN(c3ccccc3C#N)CC2)cc(OC)c1. The zero-order valence-electron chi connectivity index (χ0n) is 16.9. The molecule has 1 N–H and O–H groups in total. The standard InChI is InChI=1S/C22H26N4O3/c1-28-19-12-18(13-20(14-19)29-2)24-22(27)16-25-8-5-9-26(11-10-25)21-7-4-3-6-17(21)15-23/h3-4,6-7,12-14H,5,8-11,16H2,1-2H3,(H,24,27). The highest BCUT2D eigenvalue weighted by atomic mass is 16.5. The number of anilines is 2. The highest BCUT2D eigenvalue weighted by molar-refractivity contribution is 5.92. The molecule has 152 valence electrons. The van der Waals surface area contributed by atoms with Crippen molar-refractivity contribution in [1.29, 1.82) is 5.26 Å². The molecule has 7 heteroatoms. The highest BCUT2D eigenvalue weighted by Gasteiger charge is 2.19. The third kappa shape index (κ3) is 5.39. The Balaban J connectivity index is 1.59. The van der Waals surface area contributed by atoms with Gasteiger partial charge in [-0.05, 0) is 18.6 Å². The highest BCUT2D eigenvalue weighted by Crippen LogP contribution is 2.26. The minimum absolute atomic E-state index is 0.0776. The Kier molecular flexibility index (Phi) is 6.93.